The van der Waals surface area contributed by atoms with E-state index in [1.165, 1.54) is 70.5 Å². The summed E-state index contributed by atoms with van der Waals surface area (Å²) in [5, 5.41) is 4.09. The molecule has 0 radical (unpaired) electrons. The molecule has 4 saturated carbocycles. The van der Waals surface area contributed by atoms with Crippen LogP contribution in [0.4, 0.5) is 4.39 Å². The van der Waals surface area contributed by atoms with Crippen molar-refractivity contribution in [3.8, 4) is 0 Å². The number of alkyl halides is 1. The monoisotopic (exact) mass is 656 g/mol. The summed E-state index contributed by atoms with van der Waals surface area (Å²) >= 11 is 0. The highest BCUT2D eigenvalue weighted by atomic mass is 32.2. The van der Waals surface area contributed by atoms with Crippen LogP contribution in [0.1, 0.15) is 124 Å². The van der Waals surface area contributed by atoms with Gasteiger partial charge in [0.15, 0.2) is 0 Å². The van der Waals surface area contributed by atoms with Crippen LogP contribution in [0.15, 0.2) is 23.3 Å². The smallest absolute Gasteiger partial charge is 0.150 e. The number of sulfone groups is 1. The van der Waals surface area contributed by atoms with Crippen LogP contribution in [0, 0.1) is 51.8 Å². The lowest BCUT2D eigenvalue weighted by molar-refractivity contribution is -0.212. The molecule has 0 aromatic rings. The molecule has 0 amide bonds. The van der Waals surface area contributed by atoms with Crippen molar-refractivity contribution in [3.63, 3.8) is 0 Å². The highest BCUT2D eigenvalue weighted by Crippen LogP contribution is 2.75. The minimum absolute atomic E-state index is 0.139. The van der Waals surface area contributed by atoms with Gasteiger partial charge in [0.25, 0.3) is 0 Å². The summed E-state index contributed by atoms with van der Waals surface area (Å²) in [6.45, 7) is 14.5. The van der Waals surface area contributed by atoms with Crippen LogP contribution in [0.2, 0.25) is 0 Å². The Morgan fingerprint density at radius 1 is 0.891 bits per heavy atom. The summed E-state index contributed by atoms with van der Waals surface area (Å²) in [6, 6.07) is 0. The maximum absolute atomic E-state index is 13.3. The fraction of sp³-hybridized carbons (Fsp3) is 0.900. The summed E-state index contributed by atoms with van der Waals surface area (Å²) in [7, 11) is -2.91. The Balaban J connectivity index is 1.04. The van der Waals surface area contributed by atoms with Gasteiger partial charge in [-0.25, -0.2) is 8.42 Å². The molecule has 1 saturated heterocycles. The molecule has 10 atom stereocenters. The second kappa shape index (κ2) is 12.3. The molecule has 7 rings (SSSR count). The van der Waals surface area contributed by atoms with E-state index in [9.17, 15) is 12.8 Å². The predicted octanol–water partition coefficient (Wildman–Crippen LogP) is 8.54. The number of nitrogens with zero attached hydrogens (tertiary/aromatic N) is 1. The molecular formula is C40H65FN2O2S. The molecule has 7 unspecified atom stereocenters. The normalized spacial score (nSPS) is 46.8. The summed E-state index contributed by atoms with van der Waals surface area (Å²) in [4.78, 5) is 2.50. The Hall–Kier alpha value is -0.720. The Morgan fingerprint density at radius 3 is 2.37 bits per heavy atom. The third kappa shape index (κ3) is 5.35. The fourth-order valence-corrected chi connectivity index (χ4v) is 14.9. The highest BCUT2D eigenvalue weighted by molar-refractivity contribution is 7.91. The van der Waals surface area contributed by atoms with Crippen molar-refractivity contribution in [1.82, 2.24) is 10.2 Å². The van der Waals surface area contributed by atoms with E-state index in [2.05, 4.69) is 50.1 Å². The van der Waals surface area contributed by atoms with Gasteiger partial charge in [0.1, 0.15) is 9.84 Å². The zero-order valence-electron chi connectivity index (χ0n) is 29.9. The molecular weight excluding hydrogens is 592 g/mol. The van der Waals surface area contributed by atoms with E-state index in [4.69, 9.17) is 0 Å². The molecule has 1 heterocycles. The summed E-state index contributed by atoms with van der Waals surface area (Å²) in [5.41, 5.74) is 4.70. The minimum atomic E-state index is -2.91. The molecule has 7 aliphatic rings. The average molecular weight is 657 g/mol. The van der Waals surface area contributed by atoms with Gasteiger partial charge in [0, 0.05) is 24.9 Å². The lowest BCUT2D eigenvalue weighted by Crippen LogP contribution is -2.67. The van der Waals surface area contributed by atoms with Gasteiger partial charge in [-0.1, -0.05) is 46.3 Å². The Morgan fingerprint density at radius 2 is 1.67 bits per heavy atom. The maximum Gasteiger partial charge on any atom is 0.150 e. The van der Waals surface area contributed by atoms with Crippen molar-refractivity contribution in [1.29, 1.82) is 0 Å². The first kappa shape index (κ1) is 33.8. The molecule has 0 spiro atoms. The highest BCUT2D eigenvalue weighted by Gasteiger charge is 2.68. The van der Waals surface area contributed by atoms with Gasteiger partial charge in [-0.2, -0.15) is 0 Å². The van der Waals surface area contributed by atoms with Crippen molar-refractivity contribution < 1.29 is 12.8 Å². The zero-order valence-corrected chi connectivity index (χ0v) is 30.7. The average Bonchev–Trinajstić information content (AvgIpc) is 3.45. The fourth-order valence-electron chi connectivity index (χ4n) is 13.9. The standard InChI is InChI=1S/C40H65FN2O2S/c1-28-32(30-10-8-29(27-41)9-11-30)14-19-37(2)33(28)15-20-39(4)36(37)13-12-34-35-7-6-18-40(35,22-21-38(34,39)3)42-23-26-43-24-16-31(17-25-43)46(5,44)45/h10,14,28-29,31,33-36,42H,6-9,11-13,15-27H2,1-5H3/t28?,29?,33?,34?,35-,36?,37?,38-,39?,40+/m1/s1. The zero-order chi connectivity index (χ0) is 32.5. The van der Waals surface area contributed by atoms with E-state index in [-0.39, 0.29) is 17.8 Å². The van der Waals surface area contributed by atoms with E-state index < -0.39 is 9.84 Å². The second-order valence-corrected chi connectivity index (χ2v) is 20.7. The van der Waals surface area contributed by atoms with Crippen molar-refractivity contribution in [3.05, 3.63) is 23.3 Å². The molecule has 1 N–H and O–H groups in total. The van der Waals surface area contributed by atoms with Gasteiger partial charge >= 0.3 is 0 Å². The number of rotatable bonds is 7. The van der Waals surface area contributed by atoms with Crippen LogP contribution in [0.5, 0.6) is 0 Å². The van der Waals surface area contributed by atoms with E-state index in [0.29, 0.717) is 27.7 Å². The summed E-state index contributed by atoms with van der Waals surface area (Å²) in [6.07, 6.45) is 24.7. The maximum atomic E-state index is 13.3. The van der Waals surface area contributed by atoms with Crippen LogP contribution in [-0.4, -0.2) is 63.2 Å². The van der Waals surface area contributed by atoms with Gasteiger partial charge in [0.2, 0.25) is 0 Å². The predicted molar refractivity (Wildman–Crippen MR) is 188 cm³/mol. The van der Waals surface area contributed by atoms with E-state index in [0.717, 1.165) is 82.0 Å². The van der Waals surface area contributed by atoms with Gasteiger partial charge in [-0.3, -0.25) is 4.39 Å². The lowest BCUT2D eigenvalue weighted by Gasteiger charge is -2.71. The Kier molecular flexibility index (Phi) is 8.99. The number of piperidine rings is 1. The summed E-state index contributed by atoms with van der Waals surface area (Å²) in [5.74, 6) is 4.06. The van der Waals surface area contributed by atoms with Crippen LogP contribution in [0.3, 0.4) is 0 Å². The molecule has 0 bridgehead atoms. The quantitative estimate of drug-likeness (QED) is 0.299. The first-order chi connectivity index (χ1) is 21.8. The van der Waals surface area contributed by atoms with Crippen LogP contribution in [-0.2, 0) is 9.84 Å². The molecule has 260 valence electrons. The van der Waals surface area contributed by atoms with Crippen molar-refractivity contribution in [2.45, 2.75) is 135 Å². The van der Waals surface area contributed by atoms with Crippen LogP contribution < -0.4 is 5.32 Å². The number of halogens is 1. The number of nitrogens with one attached hydrogen (secondary N) is 1. The molecule has 0 aromatic heterocycles. The Bertz CT molecular complexity index is 1320. The van der Waals surface area contributed by atoms with E-state index >= 15 is 0 Å². The van der Waals surface area contributed by atoms with Gasteiger partial charge in [-0.15, -0.1) is 0 Å². The van der Waals surface area contributed by atoms with Crippen LogP contribution >= 0.6 is 0 Å². The van der Waals surface area contributed by atoms with Gasteiger partial charge < -0.3 is 10.2 Å². The molecule has 6 aliphatic carbocycles. The molecule has 46 heavy (non-hydrogen) atoms. The van der Waals surface area contributed by atoms with Crippen molar-refractivity contribution in [2.24, 2.45) is 51.8 Å². The van der Waals surface area contributed by atoms with E-state index in [1.54, 1.807) is 11.1 Å². The number of hydrogen-bond acceptors (Lipinski definition) is 4. The van der Waals surface area contributed by atoms with E-state index in [1.807, 2.05) is 0 Å². The SMILES string of the molecule is CC1C(C2=CCC(CF)CC2)=CCC2(C)C1CCC1(C)C2CCC2[C@H]3CCC[C@]3(NCCN3CCC(S(C)(=O)=O)CC3)CC[C@]21C. The number of hydrogen-bond donors (Lipinski definition) is 1. The lowest BCUT2D eigenvalue weighted by atomic mass is 9.34. The molecule has 4 nitrogen and oxygen atoms in total. The largest absolute Gasteiger partial charge is 0.310 e. The van der Waals surface area contributed by atoms with Gasteiger partial charge in [0.05, 0.1) is 11.9 Å². The van der Waals surface area contributed by atoms with Crippen LogP contribution in [0.25, 0.3) is 0 Å². The molecule has 5 fully saturated rings. The second-order valence-electron chi connectivity index (χ2n) is 18.4. The third-order valence-corrected chi connectivity index (χ3v) is 18.4. The first-order valence-corrected chi connectivity index (χ1v) is 21.4. The minimum Gasteiger partial charge on any atom is -0.310 e. The molecule has 0 aromatic carbocycles. The molecule has 1 aliphatic heterocycles. The number of fused-ring (bicyclic) bond motifs is 7. The topological polar surface area (TPSA) is 49.4 Å². The third-order valence-electron chi connectivity index (χ3n) is 16.7. The van der Waals surface area contributed by atoms with Crippen molar-refractivity contribution >= 4 is 9.84 Å². The first-order valence-electron chi connectivity index (χ1n) is 19.5. The molecule has 6 heteroatoms. The Labute approximate surface area is 281 Å². The number of allylic oxidation sites excluding steroid dienone is 4. The van der Waals surface area contributed by atoms with Gasteiger partial charge in [-0.05, 0) is 166 Å². The number of likely N-dealkylation sites (tertiary alicyclic amines) is 1. The summed E-state index contributed by atoms with van der Waals surface area (Å²) < 4.78 is 37.4. The van der Waals surface area contributed by atoms with Crippen molar-refractivity contribution in [2.75, 3.05) is 39.1 Å².